The van der Waals surface area contributed by atoms with Crippen LogP contribution in [0.2, 0.25) is 0 Å². The SMILES string of the molecule is C[C@@H](OC(=O)CNC(=O)CC12CC3CC(CC(C3)C1)C2)C(=O)NCCc1ccccc1. The normalized spacial score (nSPS) is 29.3. The van der Waals surface area contributed by atoms with Gasteiger partial charge in [0.05, 0.1) is 0 Å². The molecule has 4 bridgehead atoms. The maximum absolute atomic E-state index is 12.5. The largest absolute Gasteiger partial charge is 0.451 e. The van der Waals surface area contributed by atoms with Crippen molar-refractivity contribution in [2.24, 2.45) is 23.2 Å². The quantitative estimate of drug-likeness (QED) is 0.595. The van der Waals surface area contributed by atoms with E-state index in [9.17, 15) is 14.4 Å². The Morgan fingerprint density at radius 3 is 2.23 bits per heavy atom. The average molecular weight is 427 g/mol. The minimum Gasteiger partial charge on any atom is -0.451 e. The van der Waals surface area contributed by atoms with Crippen molar-refractivity contribution in [2.75, 3.05) is 13.1 Å². The van der Waals surface area contributed by atoms with E-state index in [0.29, 0.717) is 19.4 Å². The van der Waals surface area contributed by atoms with Gasteiger partial charge in [0.1, 0.15) is 6.54 Å². The van der Waals surface area contributed by atoms with Crippen molar-refractivity contribution in [1.29, 1.82) is 0 Å². The van der Waals surface area contributed by atoms with Crippen molar-refractivity contribution >= 4 is 17.8 Å². The lowest BCUT2D eigenvalue weighted by molar-refractivity contribution is -0.154. The van der Waals surface area contributed by atoms with Gasteiger partial charge in [0.15, 0.2) is 6.10 Å². The van der Waals surface area contributed by atoms with Crippen molar-refractivity contribution in [1.82, 2.24) is 10.6 Å². The second kappa shape index (κ2) is 9.41. The molecule has 5 rings (SSSR count). The zero-order valence-corrected chi connectivity index (χ0v) is 18.4. The van der Waals surface area contributed by atoms with Crippen LogP contribution in [0, 0.1) is 23.2 Å². The third-order valence-corrected chi connectivity index (χ3v) is 7.36. The molecule has 2 N–H and O–H groups in total. The van der Waals surface area contributed by atoms with E-state index in [2.05, 4.69) is 10.6 Å². The molecule has 0 heterocycles. The predicted octanol–water partition coefficient (Wildman–Crippen LogP) is 3.00. The molecule has 168 valence electrons. The second-order valence-corrected chi connectivity index (χ2v) is 10.0. The number of ether oxygens (including phenoxy) is 1. The molecule has 0 unspecified atom stereocenters. The van der Waals surface area contributed by atoms with E-state index in [0.717, 1.165) is 42.6 Å². The van der Waals surface area contributed by atoms with Gasteiger partial charge in [0.2, 0.25) is 5.91 Å². The topological polar surface area (TPSA) is 84.5 Å². The molecular weight excluding hydrogens is 392 g/mol. The van der Waals surface area contributed by atoms with Gasteiger partial charge >= 0.3 is 5.97 Å². The number of rotatable bonds is 9. The van der Waals surface area contributed by atoms with Crippen LogP contribution in [0.3, 0.4) is 0 Å². The fourth-order valence-electron chi connectivity index (χ4n) is 6.49. The molecule has 1 aromatic rings. The minimum atomic E-state index is -0.886. The van der Waals surface area contributed by atoms with Crippen molar-refractivity contribution in [2.45, 2.75) is 64.4 Å². The molecule has 0 saturated heterocycles. The van der Waals surface area contributed by atoms with Crippen molar-refractivity contribution in [3.05, 3.63) is 35.9 Å². The molecule has 1 aromatic carbocycles. The zero-order chi connectivity index (χ0) is 21.8. The first kappa shape index (κ1) is 21.8. The zero-order valence-electron chi connectivity index (χ0n) is 18.4. The van der Waals surface area contributed by atoms with Gasteiger partial charge in [-0.1, -0.05) is 30.3 Å². The highest BCUT2D eigenvalue weighted by Crippen LogP contribution is 2.61. The molecule has 0 aliphatic heterocycles. The number of hydrogen-bond donors (Lipinski definition) is 2. The second-order valence-electron chi connectivity index (χ2n) is 10.0. The molecule has 4 saturated carbocycles. The Hall–Kier alpha value is -2.37. The van der Waals surface area contributed by atoms with E-state index in [1.54, 1.807) is 6.92 Å². The summed E-state index contributed by atoms with van der Waals surface area (Å²) in [5.74, 6) is 1.41. The summed E-state index contributed by atoms with van der Waals surface area (Å²) in [6.07, 6.45) is 7.87. The van der Waals surface area contributed by atoms with Crippen LogP contribution in [0.1, 0.15) is 57.4 Å². The van der Waals surface area contributed by atoms with E-state index in [1.807, 2.05) is 30.3 Å². The van der Waals surface area contributed by atoms with Crippen LogP contribution in [-0.2, 0) is 25.5 Å². The number of benzene rings is 1. The van der Waals surface area contributed by atoms with Crippen molar-refractivity contribution in [3.8, 4) is 0 Å². The van der Waals surface area contributed by atoms with Gasteiger partial charge in [0.25, 0.3) is 5.91 Å². The molecule has 6 heteroatoms. The van der Waals surface area contributed by atoms with Crippen LogP contribution in [-0.4, -0.2) is 37.0 Å². The first-order valence-corrected chi connectivity index (χ1v) is 11.7. The smallest absolute Gasteiger partial charge is 0.326 e. The van der Waals surface area contributed by atoms with E-state index in [-0.39, 0.29) is 23.8 Å². The first-order valence-electron chi connectivity index (χ1n) is 11.7. The Balaban J connectivity index is 1.14. The lowest BCUT2D eigenvalue weighted by atomic mass is 9.49. The summed E-state index contributed by atoms with van der Waals surface area (Å²) in [6, 6.07) is 9.87. The number of amides is 2. The third-order valence-electron chi connectivity index (χ3n) is 7.36. The number of carbonyl (C=O) groups is 3. The van der Waals surface area contributed by atoms with Crippen molar-refractivity contribution < 1.29 is 19.1 Å². The predicted molar refractivity (Wildman–Crippen MR) is 117 cm³/mol. The molecule has 4 aliphatic carbocycles. The summed E-state index contributed by atoms with van der Waals surface area (Å²) in [6.45, 7) is 1.84. The lowest BCUT2D eigenvalue weighted by Crippen LogP contribution is -2.48. The highest BCUT2D eigenvalue weighted by atomic mass is 16.5. The number of carbonyl (C=O) groups excluding carboxylic acids is 3. The van der Waals surface area contributed by atoms with Gasteiger partial charge < -0.3 is 15.4 Å². The summed E-state index contributed by atoms with van der Waals surface area (Å²) < 4.78 is 5.19. The molecule has 0 aromatic heterocycles. The third kappa shape index (κ3) is 5.66. The molecule has 0 spiro atoms. The van der Waals surface area contributed by atoms with E-state index in [1.165, 1.54) is 19.3 Å². The number of nitrogens with one attached hydrogen (secondary N) is 2. The fraction of sp³-hybridized carbons (Fsp3) is 0.640. The van der Waals surface area contributed by atoms with Crippen LogP contribution in [0.5, 0.6) is 0 Å². The maximum Gasteiger partial charge on any atom is 0.326 e. The average Bonchev–Trinajstić information content (AvgIpc) is 2.71. The molecule has 4 aliphatic rings. The molecule has 31 heavy (non-hydrogen) atoms. The van der Waals surface area contributed by atoms with E-state index in [4.69, 9.17) is 4.74 Å². The number of hydrogen-bond acceptors (Lipinski definition) is 4. The van der Waals surface area contributed by atoms with Crippen molar-refractivity contribution in [3.63, 3.8) is 0 Å². The van der Waals surface area contributed by atoms with Crippen LogP contribution < -0.4 is 10.6 Å². The number of esters is 1. The molecule has 6 nitrogen and oxygen atoms in total. The molecule has 0 radical (unpaired) electrons. The van der Waals surface area contributed by atoms with Gasteiger partial charge in [-0.3, -0.25) is 14.4 Å². The van der Waals surface area contributed by atoms with Gasteiger partial charge in [-0.25, -0.2) is 0 Å². The van der Waals surface area contributed by atoms with Gasteiger partial charge in [-0.2, -0.15) is 0 Å². The Bertz CT molecular complexity index is 772. The van der Waals surface area contributed by atoms with Gasteiger partial charge in [-0.15, -0.1) is 0 Å². The van der Waals surface area contributed by atoms with Crippen LogP contribution in [0.15, 0.2) is 30.3 Å². The summed E-state index contributed by atoms with van der Waals surface area (Å²) in [4.78, 5) is 36.8. The Labute approximate surface area is 184 Å². The standard InChI is InChI=1S/C25H34N2O4/c1-17(24(30)26-8-7-18-5-3-2-4-6-18)31-23(29)16-27-22(28)15-25-12-19-9-20(13-25)11-21(10-19)14-25/h2-6,17,19-21H,7-16H2,1H3,(H,26,30)(H,27,28)/t17-,19?,20?,21?,25?/m1/s1. The highest BCUT2D eigenvalue weighted by molar-refractivity contribution is 5.86. The Morgan fingerprint density at radius 1 is 1.00 bits per heavy atom. The summed E-state index contributed by atoms with van der Waals surface area (Å²) in [5.41, 5.74) is 1.28. The molecule has 1 atom stereocenters. The summed E-state index contributed by atoms with van der Waals surface area (Å²) in [5, 5.41) is 5.50. The van der Waals surface area contributed by atoms with E-state index >= 15 is 0 Å². The Morgan fingerprint density at radius 2 is 1.61 bits per heavy atom. The molecular formula is C25H34N2O4. The highest BCUT2D eigenvalue weighted by Gasteiger charge is 2.51. The van der Waals surface area contributed by atoms with Gasteiger partial charge in [-0.05, 0) is 80.6 Å². The molecule has 2 amide bonds. The van der Waals surface area contributed by atoms with Gasteiger partial charge in [0, 0.05) is 13.0 Å². The summed E-state index contributed by atoms with van der Waals surface area (Å²) >= 11 is 0. The molecule has 4 fully saturated rings. The Kier molecular flexibility index (Phi) is 6.63. The maximum atomic E-state index is 12.5. The first-order chi connectivity index (χ1) is 14.9. The van der Waals surface area contributed by atoms with Crippen LogP contribution >= 0.6 is 0 Å². The minimum absolute atomic E-state index is 0.0705. The van der Waals surface area contributed by atoms with Crippen LogP contribution in [0.4, 0.5) is 0 Å². The summed E-state index contributed by atoms with van der Waals surface area (Å²) in [7, 11) is 0. The van der Waals surface area contributed by atoms with Crippen LogP contribution in [0.25, 0.3) is 0 Å². The monoisotopic (exact) mass is 426 g/mol. The fourth-order valence-corrected chi connectivity index (χ4v) is 6.49. The lowest BCUT2D eigenvalue weighted by Gasteiger charge is -2.56. The van der Waals surface area contributed by atoms with E-state index < -0.39 is 12.1 Å².